The molecule has 1 aliphatic heterocycles. The van der Waals surface area contributed by atoms with Gasteiger partial charge in [-0.3, -0.25) is 19.9 Å². The molecule has 1 aliphatic carbocycles. The molecular weight excluding hydrogens is 775 g/mol. The highest BCUT2D eigenvalue weighted by molar-refractivity contribution is 6.06. The molecule has 326 valence electrons. The van der Waals surface area contributed by atoms with E-state index >= 15 is 0 Å². The molecule has 14 N–H and O–H groups in total. The first-order chi connectivity index (χ1) is 28.7. The fourth-order valence-corrected chi connectivity index (χ4v) is 7.30. The topological polar surface area (TPSA) is 316 Å². The molecule has 2 fully saturated rings. The first kappa shape index (κ1) is 45.8. The number of hydrogen-bond acceptors (Lipinski definition) is 14. The number of aliphatic imine (C=N–C) groups is 1. The molecule has 18 heteroatoms. The predicted octanol–water partition coefficient (Wildman–Crippen LogP) is 0.293. The van der Waals surface area contributed by atoms with Crippen LogP contribution < -0.4 is 27.8 Å². The molecule has 2 aromatic carbocycles. The van der Waals surface area contributed by atoms with Crippen LogP contribution >= 0.6 is 0 Å². The average Bonchev–Trinajstić information content (AvgIpc) is 4.08. The van der Waals surface area contributed by atoms with Crippen molar-refractivity contribution in [2.45, 2.75) is 101 Å². The Labute approximate surface area is 348 Å². The number of aromatic nitrogens is 2. The monoisotopic (exact) mass is 833 g/mol. The molecule has 0 spiro atoms. The number of aliphatic hydroxyl groups excluding tert-OH is 5. The smallest absolute Gasteiger partial charge is 0.326 e. The number of rotatable bonds is 21. The standard InChI is InChI=1S/C42H59N9O9/c43-38-34(29-13-14-29)48-35(39(44)49-38)40(58)50-42(45)46-18-2-1-3-24-4-9-27(10-5-24)28-11-6-25(7-12-28)8-15-33(55)47-30(41(59)60)21-26-16-19-51(20-17-26)22-31(53)36(56)37(57)32(54)23-52/h4-7,9-12,26,29-32,36-37,52-54,56-57H,1-3,8,13-23H2,(H,47,55)(H,59,60)(H4,43,44,49)(H3,45,46,50,58)/t30-,31-,32+,36+,37+/m0/s1. The third-order valence-corrected chi connectivity index (χ3v) is 11.1. The van der Waals surface area contributed by atoms with Crippen LogP contribution in [0.4, 0.5) is 11.6 Å². The number of aliphatic hydroxyl groups is 5. The molecule has 0 radical (unpaired) electrons. The highest BCUT2D eigenvalue weighted by Gasteiger charge is 2.33. The number of carbonyl (C=O) groups is 3. The van der Waals surface area contributed by atoms with Crippen LogP contribution in [0.1, 0.15) is 84.6 Å². The van der Waals surface area contributed by atoms with Gasteiger partial charge in [0.1, 0.15) is 30.2 Å². The van der Waals surface area contributed by atoms with Crippen molar-refractivity contribution in [3.63, 3.8) is 0 Å². The van der Waals surface area contributed by atoms with Crippen molar-refractivity contribution >= 4 is 35.4 Å². The van der Waals surface area contributed by atoms with Gasteiger partial charge in [0.25, 0.3) is 5.91 Å². The molecule has 2 aliphatic rings. The number of β-amino-alcohol motifs (C(OH)–C–C–N with tert-alkyl or cyclic N) is 1. The summed E-state index contributed by atoms with van der Waals surface area (Å²) in [6, 6.07) is 15.2. The zero-order chi connectivity index (χ0) is 43.3. The number of benzene rings is 2. The van der Waals surface area contributed by atoms with Gasteiger partial charge in [-0.1, -0.05) is 48.5 Å². The van der Waals surface area contributed by atoms with Crippen molar-refractivity contribution in [2.24, 2.45) is 16.6 Å². The van der Waals surface area contributed by atoms with Gasteiger partial charge in [-0.15, -0.1) is 0 Å². The first-order valence-corrected chi connectivity index (χ1v) is 20.5. The summed E-state index contributed by atoms with van der Waals surface area (Å²) in [5.41, 5.74) is 22.5. The molecule has 3 aromatic rings. The number of nitrogens with zero attached hydrogens (tertiary/aromatic N) is 4. The number of nitrogens with two attached hydrogens (primary N) is 3. The summed E-state index contributed by atoms with van der Waals surface area (Å²) in [6.45, 7) is 0.764. The van der Waals surface area contributed by atoms with Gasteiger partial charge in [-0.05, 0) is 99.0 Å². The summed E-state index contributed by atoms with van der Waals surface area (Å²) < 4.78 is 0. The minimum atomic E-state index is -1.69. The maximum atomic E-state index is 12.8. The molecule has 2 heterocycles. The number of likely N-dealkylation sites (tertiary alicyclic amines) is 1. The van der Waals surface area contributed by atoms with Crippen molar-refractivity contribution in [2.75, 3.05) is 44.3 Å². The number of unbranched alkanes of at least 4 members (excludes halogenated alkanes) is 1. The summed E-state index contributed by atoms with van der Waals surface area (Å²) in [4.78, 5) is 52.0. The second kappa shape index (κ2) is 21.8. The lowest BCUT2D eigenvalue weighted by Gasteiger charge is -2.35. The highest BCUT2D eigenvalue weighted by atomic mass is 16.4. The zero-order valence-corrected chi connectivity index (χ0v) is 33.7. The van der Waals surface area contributed by atoms with Gasteiger partial charge in [0.05, 0.1) is 18.4 Å². The lowest BCUT2D eigenvalue weighted by Crippen LogP contribution is -2.51. The Morgan fingerprint density at radius 1 is 0.817 bits per heavy atom. The summed E-state index contributed by atoms with van der Waals surface area (Å²) in [5, 5.41) is 63.8. The number of nitrogen functional groups attached to an aromatic ring is 2. The van der Waals surface area contributed by atoms with Crippen LogP contribution in [-0.4, -0.2) is 132 Å². The molecule has 0 bridgehead atoms. The van der Waals surface area contributed by atoms with Gasteiger partial charge in [-0.2, -0.15) is 0 Å². The predicted molar refractivity (Wildman–Crippen MR) is 224 cm³/mol. The van der Waals surface area contributed by atoms with Crippen LogP contribution in [0.3, 0.4) is 0 Å². The molecule has 18 nitrogen and oxygen atoms in total. The first-order valence-electron chi connectivity index (χ1n) is 20.5. The number of piperidine rings is 1. The van der Waals surface area contributed by atoms with Crippen molar-refractivity contribution in [3.05, 3.63) is 71.0 Å². The number of aryl methyl sites for hydroxylation is 2. The van der Waals surface area contributed by atoms with Gasteiger partial charge in [0.15, 0.2) is 17.5 Å². The maximum Gasteiger partial charge on any atom is 0.326 e. The van der Waals surface area contributed by atoms with E-state index in [0.29, 0.717) is 44.6 Å². The van der Waals surface area contributed by atoms with Gasteiger partial charge in [0.2, 0.25) is 5.91 Å². The molecule has 60 heavy (non-hydrogen) atoms. The Morgan fingerprint density at radius 2 is 1.42 bits per heavy atom. The average molecular weight is 834 g/mol. The third-order valence-electron chi connectivity index (χ3n) is 11.1. The van der Waals surface area contributed by atoms with Crippen LogP contribution in [0.25, 0.3) is 11.1 Å². The lowest BCUT2D eigenvalue weighted by molar-refractivity contribution is -0.142. The molecule has 1 aromatic heterocycles. The Balaban J connectivity index is 0.980. The molecule has 1 saturated carbocycles. The zero-order valence-electron chi connectivity index (χ0n) is 33.7. The van der Waals surface area contributed by atoms with E-state index in [-0.39, 0.29) is 60.4 Å². The van der Waals surface area contributed by atoms with E-state index in [9.17, 15) is 39.9 Å². The Hall–Kier alpha value is -5.24. The third kappa shape index (κ3) is 13.4. The van der Waals surface area contributed by atoms with E-state index in [4.69, 9.17) is 22.3 Å². The molecule has 2 amide bonds. The summed E-state index contributed by atoms with van der Waals surface area (Å²) in [6.07, 6.45) is 0.211. The quantitative estimate of drug-likeness (QED) is 0.0391. The molecule has 0 unspecified atom stereocenters. The van der Waals surface area contributed by atoms with Crippen LogP contribution in [0.2, 0.25) is 0 Å². The minimum Gasteiger partial charge on any atom is -0.480 e. The van der Waals surface area contributed by atoms with Gasteiger partial charge < -0.3 is 58.1 Å². The van der Waals surface area contributed by atoms with Crippen molar-refractivity contribution in [1.29, 1.82) is 0 Å². The summed E-state index contributed by atoms with van der Waals surface area (Å²) in [5.74, 6) is -1.62. The van der Waals surface area contributed by atoms with E-state index < -0.39 is 48.9 Å². The van der Waals surface area contributed by atoms with E-state index in [1.165, 1.54) is 5.56 Å². The van der Waals surface area contributed by atoms with Gasteiger partial charge in [0, 0.05) is 25.4 Å². The van der Waals surface area contributed by atoms with Crippen LogP contribution in [0.15, 0.2) is 53.5 Å². The SMILES string of the molecule is NC(=NCCCCc1ccc(-c2ccc(CCC(=O)N[C@@H](CC3CCN(C[C@H](O)[C@@H](O)[C@H](O)[C@H](O)CO)CC3)C(=O)O)cc2)cc1)NC(=O)c1nc(C2CC2)c(N)nc1N. The van der Waals surface area contributed by atoms with Crippen molar-refractivity contribution in [3.8, 4) is 11.1 Å². The Kier molecular flexibility index (Phi) is 16.7. The number of hydrogen-bond donors (Lipinski definition) is 11. The molecule has 1 saturated heterocycles. The van der Waals surface area contributed by atoms with Crippen LogP contribution in [-0.2, 0) is 22.4 Å². The number of nitrogens with one attached hydrogen (secondary N) is 2. The van der Waals surface area contributed by atoms with E-state index in [1.54, 1.807) is 0 Å². The number of anilines is 2. The molecular formula is C42H59N9O9. The Bertz CT molecular complexity index is 1920. The summed E-state index contributed by atoms with van der Waals surface area (Å²) in [7, 11) is 0. The second-order valence-corrected chi connectivity index (χ2v) is 15.8. The fraction of sp³-hybridized carbons (Fsp3) is 0.524. The number of aliphatic carboxylic acids is 1. The van der Waals surface area contributed by atoms with Crippen LogP contribution in [0, 0.1) is 5.92 Å². The van der Waals surface area contributed by atoms with E-state index in [1.807, 2.05) is 29.2 Å². The number of carboxylic acids is 1. The van der Waals surface area contributed by atoms with Crippen molar-refractivity contribution < 1.29 is 45.0 Å². The van der Waals surface area contributed by atoms with Crippen LogP contribution in [0.5, 0.6) is 0 Å². The fourth-order valence-electron chi connectivity index (χ4n) is 7.30. The van der Waals surface area contributed by atoms with Gasteiger partial charge >= 0.3 is 5.97 Å². The number of carbonyl (C=O) groups excluding carboxylic acids is 2. The normalized spacial score (nSPS) is 17.6. The van der Waals surface area contributed by atoms with Gasteiger partial charge in [-0.25, -0.2) is 14.8 Å². The number of amides is 2. The maximum absolute atomic E-state index is 12.8. The van der Waals surface area contributed by atoms with Crippen molar-refractivity contribution in [1.82, 2.24) is 25.5 Å². The summed E-state index contributed by atoms with van der Waals surface area (Å²) >= 11 is 0. The van der Waals surface area contributed by atoms with E-state index in [0.717, 1.165) is 48.8 Å². The lowest BCUT2D eigenvalue weighted by atomic mass is 9.89. The molecule has 5 rings (SSSR count). The highest BCUT2D eigenvalue weighted by Crippen LogP contribution is 2.41. The molecule has 5 atom stereocenters. The number of guanidine groups is 1. The Morgan fingerprint density at radius 3 is 2.00 bits per heavy atom. The largest absolute Gasteiger partial charge is 0.480 e. The van der Waals surface area contributed by atoms with E-state index in [2.05, 4.69) is 49.9 Å². The number of carboxylic acid groups (broad SMARTS) is 1. The minimum absolute atomic E-state index is 0.0152. The second-order valence-electron chi connectivity index (χ2n) is 15.8.